The molecule has 1 aliphatic heterocycles. The van der Waals surface area contributed by atoms with Crippen LogP contribution in [0, 0.1) is 0 Å². The Morgan fingerprint density at radius 1 is 0.967 bits per heavy atom. The van der Waals surface area contributed by atoms with Crippen molar-refractivity contribution in [3.05, 3.63) is 84.3 Å². The molecule has 1 saturated heterocycles. The number of carbonyl (C=O) groups is 2. The van der Waals surface area contributed by atoms with Crippen molar-refractivity contribution < 1.29 is 14.1 Å². The SMILES string of the molecule is CC1(c2ccc3ccccc3c2)NC(=O)N(Cc2nc(-c3ccccc3)no2)C1=O. The second-order valence-corrected chi connectivity index (χ2v) is 7.39. The van der Waals surface area contributed by atoms with Gasteiger partial charge in [-0.25, -0.2) is 4.79 Å². The zero-order valence-corrected chi connectivity index (χ0v) is 16.2. The smallest absolute Gasteiger partial charge is 0.325 e. The molecule has 4 aromatic rings. The fourth-order valence-electron chi connectivity index (χ4n) is 3.70. The largest absolute Gasteiger partial charge is 0.337 e. The van der Waals surface area contributed by atoms with E-state index < -0.39 is 11.6 Å². The number of carbonyl (C=O) groups excluding carboxylic acids is 2. The maximum atomic E-state index is 13.2. The average molecular weight is 398 g/mol. The molecule has 1 N–H and O–H groups in total. The lowest BCUT2D eigenvalue weighted by Gasteiger charge is -2.22. The van der Waals surface area contributed by atoms with Crippen LogP contribution >= 0.6 is 0 Å². The van der Waals surface area contributed by atoms with Gasteiger partial charge >= 0.3 is 6.03 Å². The van der Waals surface area contributed by atoms with Crippen molar-refractivity contribution in [2.45, 2.75) is 19.0 Å². The summed E-state index contributed by atoms with van der Waals surface area (Å²) in [5.74, 6) is 0.248. The highest BCUT2D eigenvalue weighted by molar-refractivity contribution is 6.07. The van der Waals surface area contributed by atoms with Crippen molar-refractivity contribution in [2.24, 2.45) is 0 Å². The van der Waals surface area contributed by atoms with Crippen LogP contribution in [0.15, 0.2) is 77.3 Å². The van der Waals surface area contributed by atoms with Crippen molar-refractivity contribution in [3.8, 4) is 11.4 Å². The lowest BCUT2D eigenvalue weighted by molar-refractivity contribution is -0.131. The minimum Gasteiger partial charge on any atom is -0.337 e. The lowest BCUT2D eigenvalue weighted by Crippen LogP contribution is -2.40. The zero-order valence-electron chi connectivity index (χ0n) is 16.2. The second-order valence-electron chi connectivity index (χ2n) is 7.39. The molecule has 30 heavy (non-hydrogen) atoms. The molecule has 0 bridgehead atoms. The molecule has 5 rings (SSSR count). The summed E-state index contributed by atoms with van der Waals surface area (Å²) in [5, 5.41) is 8.84. The molecule has 0 aliphatic carbocycles. The molecule has 0 radical (unpaired) electrons. The Balaban J connectivity index is 1.42. The highest BCUT2D eigenvalue weighted by Gasteiger charge is 2.49. The molecule has 3 amide bonds. The van der Waals surface area contributed by atoms with E-state index >= 15 is 0 Å². The first-order chi connectivity index (χ1) is 14.5. The number of nitrogens with one attached hydrogen (secondary N) is 1. The quantitative estimate of drug-likeness (QED) is 0.528. The van der Waals surface area contributed by atoms with Crippen LogP contribution in [-0.2, 0) is 16.9 Å². The van der Waals surface area contributed by atoms with Gasteiger partial charge in [0.25, 0.3) is 5.91 Å². The summed E-state index contributed by atoms with van der Waals surface area (Å²) in [6, 6.07) is 22.5. The van der Waals surface area contributed by atoms with Crippen LogP contribution in [0.2, 0.25) is 0 Å². The molecule has 3 aromatic carbocycles. The van der Waals surface area contributed by atoms with Crippen LogP contribution < -0.4 is 5.32 Å². The summed E-state index contributed by atoms with van der Waals surface area (Å²) >= 11 is 0. The molecule has 1 aromatic heterocycles. The first-order valence-electron chi connectivity index (χ1n) is 9.56. The molecular weight excluding hydrogens is 380 g/mol. The lowest BCUT2D eigenvalue weighted by atomic mass is 9.90. The van der Waals surface area contributed by atoms with E-state index in [1.165, 1.54) is 0 Å². The number of hydrogen-bond acceptors (Lipinski definition) is 5. The van der Waals surface area contributed by atoms with Crippen LogP contribution in [0.1, 0.15) is 18.4 Å². The monoisotopic (exact) mass is 398 g/mol. The number of fused-ring (bicyclic) bond motifs is 1. The molecule has 7 heteroatoms. The first-order valence-corrected chi connectivity index (χ1v) is 9.56. The maximum absolute atomic E-state index is 13.2. The van der Waals surface area contributed by atoms with Crippen molar-refractivity contribution in [1.29, 1.82) is 0 Å². The Bertz CT molecular complexity index is 1270. The molecule has 7 nitrogen and oxygen atoms in total. The van der Waals surface area contributed by atoms with Gasteiger partial charge in [0.2, 0.25) is 11.7 Å². The Morgan fingerprint density at radius 3 is 2.50 bits per heavy atom. The van der Waals surface area contributed by atoms with Crippen molar-refractivity contribution in [2.75, 3.05) is 0 Å². The third-order valence-electron chi connectivity index (χ3n) is 5.40. The van der Waals surface area contributed by atoms with E-state index in [1.807, 2.05) is 72.8 Å². The van der Waals surface area contributed by atoms with Gasteiger partial charge in [0.15, 0.2) is 0 Å². The Labute approximate surface area is 172 Å². The minimum absolute atomic E-state index is 0.0896. The second kappa shape index (κ2) is 6.81. The molecule has 148 valence electrons. The molecule has 2 heterocycles. The van der Waals surface area contributed by atoms with Gasteiger partial charge in [-0.15, -0.1) is 0 Å². The number of urea groups is 1. The third-order valence-corrected chi connectivity index (χ3v) is 5.40. The van der Waals surface area contributed by atoms with Gasteiger partial charge in [0.1, 0.15) is 12.1 Å². The van der Waals surface area contributed by atoms with E-state index in [1.54, 1.807) is 6.92 Å². The summed E-state index contributed by atoms with van der Waals surface area (Å²) in [5.41, 5.74) is 0.354. The van der Waals surface area contributed by atoms with Crippen LogP contribution in [-0.4, -0.2) is 27.0 Å². The minimum atomic E-state index is -1.16. The number of benzene rings is 3. The van der Waals surface area contributed by atoms with E-state index in [9.17, 15) is 9.59 Å². The molecule has 1 atom stereocenters. The zero-order chi connectivity index (χ0) is 20.7. The van der Waals surface area contributed by atoms with E-state index in [4.69, 9.17) is 4.52 Å². The third kappa shape index (κ3) is 2.91. The molecule has 0 saturated carbocycles. The molecule has 1 unspecified atom stereocenters. The summed E-state index contributed by atoms with van der Waals surface area (Å²) in [6.45, 7) is 1.62. The highest BCUT2D eigenvalue weighted by Crippen LogP contribution is 2.31. The van der Waals surface area contributed by atoms with Crippen LogP contribution in [0.4, 0.5) is 4.79 Å². The topological polar surface area (TPSA) is 88.3 Å². The molecule has 1 fully saturated rings. The van der Waals surface area contributed by atoms with E-state index in [2.05, 4.69) is 15.5 Å². The first kappa shape index (κ1) is 18.1. The number of nitrogens with zero attached hydrogens (tertiary/aromatic N) is 3. The van der Waals surface area contributed by atoms with Gasteiger partial charge in [-0.2, -0.15) is 4.98 Å². The van der Waals surface area contributed by atoms with E-state index in [-0.39, 0.29) is 18.3 Å². The van der Waals surface area contributed by atoms with Gasteiger partial charge in [-0.3, -0.25) is 9.69 Å². The van der Waals surface area contributed by atoms with Crippen molar-refractivity contribution >= 4 is 22.7 Å². The van der Waals surface area contributed by atoms with E-state index in [0.717, 1.165) is 26.8 Å². The summed E-state index contributed by atoms with van der Waals surface area (Å²) in [4.78, 5) is 31.3. The van der Waals surface area contributed by atoms with Crippen LogP contribution in [0.3, 0.4) is 0 Å². The van der Waals surface area contributed by atoms with Gasteiger partial charge in [-0.05, 0) is 29.3 Å². The average Bonchev–Trinajstić information content (AvgIpc) is 3.33. The van der Waals surface area contributed by atoms with Crippen molar-refractivity contribution in [1.82, 2.24) is 20.4 Å². The van der Waals surface area contributed by atoms with Crippen LogP contribution in [0.25, 0.3) is 22.2 Å². The number of imide groups is 1. The van der Waals surface area contributed by atoms with Gasteiger partial charge in [0, 0.05) is 5.56 Å². The Kier molecular flexibility index (Phi) is 4.10. The summed E-state index contributed by atoms with van der Waals surface area (Å²) < 4.78 is 5.27. The normalized spacial score (nSPS) is 18.8. The number of hydrogen-bond donors (Lipinski definition) is 1. The van der Waals surface area contributed by atoms with Gasteiger partial charge < -0.3 is 9.84 Å². The molecular formula is C23H18N4O3. The Morgan fingerprint density at radius 2 is 1.70 bits per heavy atom. The van der Waals surface area contributed by atoms with Gasteiger partial charge in [0.05, 0.1) is 0 Å². The summed E-state index contributed by atoms with van der Waals surface area (Å²) in [6.07, 6.45) is 0. The number of aromatic nitrogens is 2. The maximum Gasteiger partial charge on any atom is 0.325 e. The summed E-state index contributed by atoms with van der Waals surface area (Å²) in [7, 11) is 0. The van der Waals surface area contributed by atoms with Crippen LogP contribution in [0.5, 0.6) is 0 Å². The predicted molar refractivity (Wildman–Crippen MR) is 110 cm³/mol. The van der Waals surface area contributed by atoms with E-state index in [0.29, 0.717) is 5.82 Å². The molecule has 1 aliphatic rings. The fourth-order valence-corrected chi connectivity index (χ4v) is 3.70. The Hall–Kier alpha value is -4.00. The highest BCUT2D eigenvalue weighted by atomic mass is 16.5. The number of rotatable bonds is 4. The number of amides is 3. The van der Waals surface area contributed by atoms with Gasteiger partial charge in [-0.1, -0.05) is 71.9 Å². The predicted octanol–water partition coefficient (Wildman–Crippen LogP) is 3.86. The fraction of sp³-hybridized carbons (Fsp3) is 0.130. The standard InChI is InChI=1S/C23H18N4O3/c1-23(18-12-11-15-7-5-6-10-17(15)13-18)21(28)27(22(29)25-23)14-19-24-20(26-30-19)16-8-3-2-4-9-16/h2-13H,14H2,1H3,(H,25,29). The van der Waals surface area contributed by atoms with Crippen molar-refractivity contribution in [3.63, 3.8) is 0 Å². The molecule has 0 spiro atoms.